The fraction of sp³-hybridized carbons (Fsp3) is 0.300. The molecule has 19 heteroatoms. The van der Waals surface area contributed by atoms with Crippen LogP contribution < -0.4 is 33.5 Å². The quantitative estimate of drug-likeness (QED) is 0.0724. The number of amides is 2. The minimum absolute atomic E-state index is 0.280. The maximum atomic E-state index is 13.7. The Labute approximate surface area is 216 Å². The Kier molecular flexibility index (Phi) is 11.8. The van der Waals surface area contributed by atoms with Crippen molar-refractivity contribution in [3.63, 3.8) is 0 Å². The second-order valence-electron chi connectivity index (χ2n) is 8.00. The second kappa shape index (κ2) is 14.3. The Morgan fingerprint density at radius 2 is 1.05 bits per heavy atom. The average molecular weight is 588 g/mol. The van der Waals surface area contributed by atoms with E-state index in [-0.39, 0.29) is 24.0 Å². The molecule has 2 atom stereocenters. The maximum Gasteiger partial charge on any atom is 0.508 e. The Morgan fingerprint density at radius 1 is 0.718 bits per heavy atom. The lowest BCUT2D eigenvalue weighted by molar-refractivity contribution is -0.125. The van der Waals surface area contributed by atoms with Crippen molar-refractivity contribution in [2.24, 2.45) is 11.5 Å². The van der Waals surface area contributed by atoms with E-state index in [0.717, 1.165) is 0 Å². The van der Waals surface area contributed by atoms with Crippen LogP contribution in [0.4, 0.5) is 26.3 Å². The molecule has 0 aliphatic heterocycles. The highest BCUT2D eigenvalue weighted by molar-refractivity contribution is 7.47. The summed E-state index contributed by atoms with van der Waals surface area (Å²) in [6, 6.07) is -0.290. The normalized spacial score (nSPS) is 14.4. The fourth-order valence-electron chi connectivity index (χ4n) is 3.02. The van der Waals surface area contributed by atoms with Crippen LogP contribution in [0.15, 0.2) is 24.3 Å². The zero-order chi connectivity index (χ0) is 29.3. The third-order valence-corrected chi connectivity index (χ3v) is 5.38. The molecule has 0 bridgehead atoms. The van der Waals surface area contributed by atoms with Crippen molar-refractivity contribution in [2.45, 2.75) is 37.8 Å². The molecular weight excluding hydrogens is 565 g/mol. The Hall–Kier alpha value is -3.09. The van der Waals surface area contributed by atoms with Crippen molar-refractivity contribution in [1.82, 2.24) is 22.0 Å². The predicted octanol–water partition coefficient (Wildman–Crippen LogP) is 0.946. The topological polar surface area (TPSA) is 190 Å². The minimum atomic E-state index is -4.98. The van der Waals surface area contributed by atoms with Gasteiger partial charge in [-0.25, -0.2) is 30.9 Å². The van der Waals surface area contributed by atoms with Gasteiger partial charge in [0.15, 0.2) is 23.3 Å². The summed E-state index contributed by atoms with van der Waals surface area (Å²) in [5.41, 5.74) is 17.6. The van der Waals surface area contributed by atoms with Gasteiger partial charge in [-0.15, -0.1) is 11.2 Å². The maximum absolute atomic E-state index is 13.7. The van der Waals surface area contributed by atoms with Gasteiger partial charge in [-0.1, -0.05) is 0 Å². The Bertz CT molecular complexity index is 1150. The number of hydrogen-bond acceptors (Lipinski definition) is 9. The largest absolute Gasteiger partial charge is 0.508 e. The Balaban J connectivity index is 1.67. The van der Waals surface area contributed by atoms with Crippen LogP contribution in [0.25, 0.3) is 0 Å². The number of halogens is 6. The molecule has 0 spiro atoms. The number of carbonyl (C=O) groups is 2. The Morgan fingerprint density at radius 3 is 1.41 bits per heavy atom. The van der Waals surface area contributed by atoms with E-state index in [0.29, 0.717) is 24.3 Å². The lowest BCUT2D eigenvalue weighted by atomic mass is 10.0. The molecule has 2 unspecified atom stereocenters. The lowest BCUT2D eigenvalue weighted by Gasteiger charge is -2.16. The molecule has 0 aliphatic carbocycles. The van der Waals surface area contributed by atoms with E-state index >= 15 is 0 Å². The summed E-state index contributed by atoms with van der Waals surface area (Å²) in [7, 11) is -4.98. The summed E-state index contributed by atoms with van der Waals surface area (Å²) in [5, 5.41) is 0. The van der Waals surface area contributed by atoms with Gasteiger partial charge in [0.1, 0.15) is 11.6 Å². The molecule has 0 radical (unpaired) electrons. The van der Waals surface area contributed by atoms with Gasteiger partial charge in [-0.05, 0) is 36.1 Å². The summed E-state index contributed by atoms with van der Waals surface area (Å²) in [5.74, 6) is -9.37. The highest BCUT2D eigenvalue weighted by Gasteiger charge is 2.24. The van der Waals surface area contributed by atoms with E-state index in [4.69, 9.17) is 11.5 Å². The molecule has 2 aromatic carbocycles. The highest BCUT2D eigenvalue weighted by atomic mass is 31.2. The first-order valence-corrected chi connectivity index (χ1v) is 12.2. The molecule has 2 aromatic rings. The number of hydrazine groups is 2. The van der Waals surface area contributed by atoms with Crippen molar-refractivity contribution in [3.05, 3.63) is 70.3 Å². The highest BCUT2D eigenvalue weighted by Crippen LogP contribution is 2.39. The zero-order valence-electron chi connectivity index (χ0n) is 19.7. The number of hydrogen-bond donors (Lipinski definition) is 7. The SMILES string of the molecule is NC(CC(=O)NNOP(=O)(O)ONNC(=O)CC(N)Cc1cc(F)c(F)cc1F)Cc1cc(F)c(F)cc1F. The van der Waals surface area contributed by atoms with Crippen LogP contribution in [-0.4, -0.2) is 28.8 Å². The molecule has 9 N–H and O–H groups in total. The molecule has 216 valence electrons. The molecule has 12 nitrogen and oxygen atoms in total. The van der Waals surface area contributed by atoms with Crippen molar-refractivity contribution in [2.75, 3.05) is 0 Å². The number of rotatable bonds is 14. The summed E-state index contributed by atoms with van der Waals surface area (Å²) in [4.78, 5) is 33.1. The number of carbonyl (C=O) groups excluding carboxylic acids is 2. The minimum Gasteiger partial charge on any atom is -0.327 e. The van der Waals surface area contributed by atoms with E-state index < -0.39 is 79.5 Å². The predicted molar refractivity (Wildman–Crippen MR) is 120 cm³/mol. The van der Waals surface area contributed by atoms with Crippen LogP contribution in [0.3, 0.4) is 0 Å². The number of nitrogens with one attached hydrogen (secondary N) is 4. The molecule has 2 rings (SSSR count). The monoisotopic (exact) mass is 588 g/mol. The standard InChI is InChI=1S/C20H23F6N6O6P/c21-13-7-17(25)15(23)3-9(13)1-11(27)5-19(33)29-31-37-39(35,36)38-32-30-20(34)6-12(28)2-10-4-16(24)18(26)8-14(10)22/h3-4,7-8,11-12,31-32H,1-2,5-6,27-28H2,(H,29,33)(H,30,34)(H,35,36). The third kappa shape index (κ3) is 10.9. The van der Waals surface area contributed by atoms with Crippen molar-refractivity contribution in [3.8, 4) is 0 Å². The first-order valence-electron chi connectivity index (χ1n) is 10.7. The first kappa shape index (κ1) is 32.1. The fourth-order valence-corrected chi connectivity index (χ4v) is 3.38. The summed E-state index contributed by atoms with van der Waals surface area (Å²) >= 11 is 0. The van der Waals surface area contributed by atoms with Crippen molar-refractivity contribution >= 4 is 19.6 Å². The van der Waals surface area contributed by atoms with Crippen LogP contribution in [0.2, 0.25) is 0 Å². The lowest BCUT2D eigenvalue weighted by Crippen LogP contribution is -2.42. The molecule has 0 saturated heterocycles. The zero-order valence-corrected chi connectivity index (χ0v) is 20.5. The van der Waals surface area contributed by atoms with Crippen molar-refractivity contribution in [1.29, 1.82) is 0 Å². The summed E-state index contributed by atoms with van der Waals surface area (Å²) < 4.78 is 99.8. The molecule has 0 heterocycles. The van der Waals surface area contributed by atoms with Crippen LogP contribution in [0.1, 0.15) is 24.0 Å². The average Bonchev–Trinajstić information content (AvgIpc) is 2.80. The number of phosphoric acid groups is 1. The molecule has 0 fully saturated rings. The van der Waals surface area contributed by atoms with Crippen LogP contribution in [-0.2, 0) is 36.2 Å². The van der Waals surface area contributed by atoms with Crippen LogP contribution in [0, 0.1) is 34.9 Å². The number of benzene rings is 2. The van der Waals surface area contributed by atoms with Gasteiger partial charge in [-0.2, -0.15) is 9.25 Å². The molecule has 2 amide bonds. The van der Waals surface area contributed by atoms with Gasteiger partial charge in [0.25, 0.3) is 0 Å². The van der Waals surface area contributed by atoms with E-state index in [9.17, 15) is 45.4 Å². The second-order valence-corrected chi connectivity index (χ2v) is 9.31. The van der Waals surface area contributed by atoms with Gasteiger partial charge in [0.2, 0.25) is 11.8 Å². The van der Waals surface area contributed by atoms with Crippen LogP contribution in [0.5, 0.6) is 0 Å². The third-order valence-electron chi connectivity index (χ3n) is 4.74. The van der Waals surface area contributed by atoms with Crippen molar-refractivity contribution < 1.29 is 54.6 Å². The molecule has 0 saturated carbocycles. The van der Waals surface area contributed by atoms with Gasteiger partial charge in [0, 0.05) is 37.1 Å². The first-order chi connectivity index (χ1) is 18.2. The molecular formula is C20H23F6N6O6P. The number of nitrogens with two attached hydrogens (primary N) is 2. The van der Waals surface area contributed by atoms with Gasteiger partial charge >= 0.3 is 7.82 Å². The van der Waals surface area contributed by atoms with Gasteiger partial charge in [0.05, 0.1) is 0 Å². The van der Waals surface area contributed by atoms with Gasteiger partial charge in [-0.3, -0.25) is 20.4 Å². The summed E-state index contributed by atoms with van der Waals surface area (Å²) in [6.45, 7) is 0. The summed E-state index contributed by atoms with van der Waals surface area (Å²) in [6.07, 6.45) is -1.70. The molecule has 39 heavy (non-hydrogen) atoms. The van der Waals surface area contributed by atoms with E-state index in [1.54, 1.807) is 11.2 Å². The molecule has 0 aliphatic rings. The van der Waals surface area contributed by atoms with E-state index in [2.05, 4.69) is 9.25 Å². The van der Waals surface area contributed by atoms with Crippen LogP contribution >= 0.6 is 7.82 Å². The smallest absolute Gasteiger partial charge is 0.327 e. The van der Waals surface area contributed by atoms with E-state index in [1.165, 1.54) is 0 Å². The van der Waals surface area contributed by atoms with Gasteiger partial charge < -0.3 is 16.4 Å². The van der Waals surface area contributed by atoms with E-state index in [1.807, 2.05) is 10.9 Å². The molecule has 0 aromatic heterocycles.